The standard InChI is InChI=1S/C32H39F2NO6/c1-5-6-28-40-27-15-21-22-14-24(33)23-13-19(36)11-12-29(23,2)31(22,34)25(37)16-30(21,3)32(27,41-28)26(38)17-39-20-9-7-18(35-4)8-10-20/h7-13,21-22,24-25,27-28,35,37H,5-6,14-17H2,1-4H3/t21-,22-,24-,25-,27+,28?,29-,30-,31-,32+/m0/s1. The van der Waals surface area contributed by atoms with Crippen LogP contribution in [0, 0.1) is 22.7 Å². The van der Waals surface area contributed by atoms with Crippen LogP contribution in [0.5, 0.6) is 5.75 Å². The van der Waals surface area contributed by atoms with Crippen molar-refractivity contribution in [3.63, 3.8) is 0 Å². The number of allylic oxidation sites excluding steroid dienone is 4. The Balaban J connectivity index is 1.37. The van der Waals surface area contributed by atoms with Gasteiger partial charge in [-0.05, 0) is 80.5 Å². The van der Waals surface area contributed by atoms with Gasteiger partial charge >= 0.3 is 0 Å². The van der Waals surface area contributed by atoms with Crippen molar-refractivity contribution >= 4 is 17.3 Å². The summed E-state index contributed by atoms with van der Waals surface area (Å²) in [4.78, 5) is 26.4. The molecular formula is C32H39F2NO6. The van der Waals surface area contributed by atoms with Gasteiger partial charge < -0.3 is 24.6 Å². The number of fused-ring (bicyclic) bond motifs is 7. The van der Waals surface area contributed by atoms with Gasteiger partial charge in [0.2, 0.25) is 5.78 Å². The van der Waals surface area contributed by atoms with Gasteiger partial charge in [-0.25, -0.2) is 8.78 Å². The number of benzene rings is 1. The highest BCUT2D eigenvalue weighted by Crippen LogP contribution is 2.72. The molecule has 4 fully saturated rings. The zero-order valence-corrected chi connectivity index (χ0v) is 24.0. The number of nitrogens with one attached hydrogen (secondary N) is 1. The molecule has 0 amide bonds. The highest BCUT2D eigenvalue weighted by Gasteiger charge is 2.80. The maximum Gasteiger partial charge on any atom is 0.205 e. The molecule has 1 saturated heterocycles. The quantitative estimate of drug-likeness (QED) is 0.482. The molecule has 1 unspecified atom stereocenters. The van der Waals surface area contributed by atoms with Crippen molar-refractivity contribution in [1.29, 1.82) is 0 Å². The third-order valence-corrected chi connectivity index (χ3v) is 10.9. The van der Waals surface area contributed by atoms with Crippen molar-refractivity contribution in [3.05, 3.63) is 48.1 Å². The van der Waals surface area contributed by atoms with Gasteiger partial charge in [0.1, 0.15) is 18.5 Å². The van der Waals surface area contributed by atoms with Crippen LogP contribution in [0.1, 0.15) is 52.9 Å². The number of ether oxygens (including phenoxy) is 3. The first-order chi connectivity index (χ1) is 19.4. The van der Waals surface area contributed by atoms with Crippen LogP contribution >= 0.6 is 0 Å². The van der Waals surface area contributed by atoms with E-state index in [0.717, 1.165) is 12.1 Å². The Kier molecular flexibility index (Phi) is 6.75. The van der Waals surface area contributed by atoms with Crippen molar-refractivity contribution in [3.8, 4) is 5.75 Å². The molecule has 6 rings (SSSR count). The van der Waals surface area contributed by atoms with E-state index in [1.807, 2.05) is 33.0 Å². The second-order valence-electron chi connectivity index (χ2n) is 12.8. The van der Waals surface area contributed by atoms with Crippen LogP contribution in [-0.2, 0) is 19.1 Å². The highest BCUT2D eigenvalue weighted by molar-refractivity contribution is 6.01. The summed E-state index contributed by atoms with van der Waals surface area (Å²) in [7, 11) is 1.81. The third kappa shape index (κ3) is 3.77. The maximum atomic E-state index is 17.6. The minimum Gasteiger partial charge on any atom is -0.486 e. The number of anilines is 1. The Labute approximate surface area is 239 Å². The molecule has 222 valence electrons. The molecule has 1 heterocycles. The van der Waals surface area contributed by atoms with Crippen molar-refractivity contribution < 1.29 is 37.7 Å². The molecule has 10 atom stereocenters. The first kappa shape index (κ1) is 28.5. The average Bonchev–Trinajstić information content (AvgIpc) is 3.43. The van der Waals surface area contributed by atoms with E-state index in [9.17, 15) is 14.7 Å². The van der Waals surface area contributed by atoms with Gasteiger partial charge in [0.15, 0.2) is 23.3 Å². The Morgan fingerprint density at radius 3 is 2.61 bits per heavy atom. The molecule has 1 aromatic rings. The molecule has 7 nitrogen and oxygen atoms in total. The SMILES string of the molecule is CCCC1O[C@@H]2C[C@H]3[C@@H]4C[C@H](F)C5=CC(=O)C=C[C@]5(C)[C@@]4(F)[C@@H](O)C[C@]3(C)[C@]2(C(=O)COc2ccc(NC)cc2)O1. The number of ketones is 2. The van der Waals surface area contributed by atoms with Crippen LogP contribution in [0.15, 0.2) is 48.1 Å². The lowest BCUT2D eigenvalue weighted by Gasteiger charge is -2.63. The molecule has 3 saturated carbocycles. The van der Waals surface area contributed by atoms with Crippen LogP contribution in [0.3, 0.4) is 0 Å². The second-order valence-corrected chi connectivity index (χ2v) is 12.8. The number of carbonyl (C=O) groups is 2. The number of aliphatic hydroxyl groups is 1. The van der Waals surface area contributed by atoms with Crippen LogP contribution in [0.2, 0.25) is 0 Å². The van der Waals surface area contributed by atoms with Gasteiger partial charge in [-0.2, -0.15) is 0 Å². The average molecular weight is 572 g/mol. The van der Waals surface area contributed by atoms with E-state index in [4.69, 9.17) is 14.2 Å². The molecule has 0 spiro atoms. The number of hydrogen-bond acceptors (Lipinski definition) is 7. The fraction of sp³-hybridized carbons (Fsp3) is 0.625. The van der Waals surface area contributed by atoms with Gasteiger partial charge in [-0.1, -0.05) is 26.3 Å². The summed E-state index contributed by atoms with van der Waals surface area (Å²) in [6, 6.07) is 7.20. The minimum absolute atomic E-state index is 0.0728. The number of Topliss-reactive ketones (excluding diaryl/α,β-unsaturated/α-hetero) is 1. The topological polar surface area (TPSA) is 94.1 Å². The Morgan fingerprint density at radius 2 is 1.93 bits per heavy atom. The van der Waals surface area contributed by atoms with E-state index in [-0.39, 0.29) is 36.6 Å². The molecule has 9 heteroatoms. The fourth-order valence-corrected chi connectivity index (χ4v) is 8.86. The number of aliphatic hydroxyl groups excluding tert-OH is 1. The summed E-state index contributed by atoms with van der Waals surface area (Å²) in [6.45, 7) is 5.14. The third-order valence-electron chi connectivity index (χ3n) is 10.9. The number of halogens is 2. The van der Waals surface area contributed by atoms with E-state index < -0.39 is 58.6 Å². The molecule has 0 bridgehead atoms. The molecule has 41 heavy (non-hydrogen) atoms. The molecule has 4 aliphatic carbocycles. The van der Waals surface area contributed by atoms with Gasteiger partial charge in [-0.3, -0.25) is 9.59 Å². The minimum atomic E-state index is -2.24. The summed E-state index contributed by atoms with van der Waals surface area (Å²) in [6.07, 6.45) is 0.863. The number of hydrogen-bond donors (Lipinski definition) is 2. The van der Waals surface area contributed by atoms with Crippen molar-refractivity contribution in [2.75, 3.05) is 19.0 Å². The summed E-state index contributed by atoms with van der Waals surface area (Å²) in [5.74, 6) is -1.64. The molecular weight excluding hydrogens is 532 g/mol. The summed E-state index contributed by atoms with van der Waals surface area (Å²) in [5, 5.41) is 14.7. The highest BCUT2D eigenvalue weighted by atomic mass is 19.1. The van der Waals surface area contributed by atoms with E-state index in [2.05, 4.69) is 5.32 Å². The normalized spacial score (nSPS) is 44.4. The van der Waals surface area contributed by atoms with E-state index in [1.165, 1.54) is 18.2 Å². The zero-order chi connectivity index (χ0) is 29.4. The predicted molar refractivity (Wildman–Crippen MR) is 148 cm³/mol. The van der Waals surface area contributed by atoms with E-state index in [0.29, 0.717) is 18.6 Å². The molecule has 0 aromatic heterocycles. The van der Waals surface area contributed by atoms with Gasteiger partial charge in [-0.15, -0.1) is 0 Å². The molecule has 1 aromatic carbocycles. The van der Waals surface area contributed by atoms with Gasteiger partial charge in [0, 0.05) is 29.5 Å². The summed E-state index contributed by atoms with van der Waals surface area (Å²) < 4.78 is 52.1. The molecule has 2 N–H and O–H groups in total. The first-order valence-corrected chi connectivity index (χ1v) is 14.7. The zero-order valence-electron chi connectivity index (χ0n) is 24.0. The van der Waals surface area contributed by atoms with Gasteiger partial charge in [0.05, 0.1) is 12.2 Å². The van der Waals surface area contributed by atoms with Crippen LogP contribution in [0.25, 0.3) is 0 Å². The Morgan fingerprint density at radius 1 is 1.20 bits per heavy atom. The number of rotatable bonds is 7. The lowest BCUT2D eigenvalue weighted by molar-refractivity contribution is -0.234. The molecule has 1 aliphatic heterocycles. The Hall–Kier alpha value is -2.62. The van der Waals surface area contributed by atoms with E-state index in [1.54, 1.807) is 19.1 Å². The van der Waals surface area contributed by atoms with Crippen molar-refractivity contribution in [2.24, 2.45) is 22.7 Å². The molecule has 0 radical (unpaired) electrons. The van der Waals surface area contributed by atoms with Crippen LogP contribution in [0.4, 0.5) is 14.5 Å². The lowest BCUT2D eigenvalue weighted by Crippen LogP contribution is -2.71. The van der Waals surface area contributed by atoms with Crippen LogP contribution in [-0.4, -0.2) is 66.3 Å². The fourth-order valence-electron chi connectivity index (χ4n) is 8.86. The smallest absolute Gasteiger partial charge is 0.205 e. The largest absolute Gasteiger partial charge is 0.486 e. The van der Waals surface area contributed by atoms with Crippen molar-refractivity contribution in [2.45, 2.75) is 88.8 Å². The maximum absolute atomic E-state index is 17.6. The monoisotopic (exact) mass is 571 g/mol. The molecule has 5 aliphatic rings. The number of alkyl halides is 2. The summed E-state index contributed by atoms with van der Waals surface area (Å²) in [5.41, 5.74) is -5.28. The second kappa shape index (κ2) is 9.71. The lowest BCUT2D eigenvalue weighted by atomic mass is 9.44. The van der Waals surface area contributed by atoms with Crippen molar-refractivity contribution in [1.82, 2.24) is 0 Å². The summed E-state index contributed by atoms with van der Waals surface area (Å²) >= 11 is 0. The Bertz CT molecular complexity index is 1300. The first-order valence-electron chi connectivity index (χ1n) is 14.7. The van der Waals surface area contributed by atoms with E-state index >= 15 is 8.78 Å². The number of carbonyl (C=O) groups excluding carboxylic acids is 2. The van der Waals surface area contributed by atoms with Gasteiger partial charge in [0.25, 0.3) is 0 Å². The predicted octanol–water partition coefficient (Wildman–Crippen LogP) is 4.89. The van der Waals surface area contributed by atoms with Crippen LogP contribution < -0.4 is 10.1 Å².